The summed E-state index contributed by atoms with van der Waals surface area (Å²) in [7, 11) is -3.57. The molecule has 0 radical (unpaired) electrons. The molecule has 0 saturated heterocycles. The third-order valence-corrected chi connectivity index (χ3v) is 12.5. The molecule has 0 aliphatic carbocycles. The van der Waals surface area contributed by atoms with Crippen molar-refractivity contribution in [2.24, 2.45) is 0 Å². The van der Waals surface area contributed by atoms with Crippen LogP contribution in [0.4, 0.5) is 0 Å². The Morgan fingerprint density at radius 1 is 0.655 bits per heavy atom. The van der Waals surface area contributed by atoms with Crippen LogP contribution in [0.3, 0.4) is 0 Å². The first-order valence-electron chi connectivity index (χ1n) is 11.4. The average molecular weight is 443 g/mol. The number of nitrogens with zero attached hydrogens (tertiary/aromatic N) is 4. The van der Waals surface area contributed by atoms with Crippen LogP contribution in [0.1, 0.15) is 55.4 Å². The lowest BCUT2D eigenvalue weighted by atomic mass is 10.4. The van der Waals surface area contributed by atoms with Gasteiger partial charge in [0.05, 0.1) is 13.5 Å². The second-order valence-corrected chi connectivity index (χ2v) is 11.8. The molecule has 0 bridgehead atoms. The molecule has 0 saturated carbocycles. The van der Waals surface area contributed by atoms with Crippen molar-refractivity contribution in [3.05, 3.63) is 24.3 Å². The van der Waals surface area contributed by atoms with Crippen LogP contribution in [0.2, 0.25) is 0 Å². The lowest BCUT2D eigenvalue weighted by Crippen LogP contribution is -2.44. The van der Waals surface area contributed by atoms with Gasteiger partial charge in [-0.2, -0.15) is 0 Å². The molecule has 7 heteroatoms. The van der Waals surface area contributed by atoms with Crippen LogP contribution in [-0.2, 0) is 4.57 Å². The highest BCUT2D eigenvalue weighted by Gasteiger charge is 2.40. The smallest absolute Gasteiger partial charge is 0.246 e. The topological polar surface area (TPSA) is 30.0 Å². The van der Waals surface area contributed by atoms with Crippen molar-refractivity contribution in [2.75, 3.05) is 52.4 Å². The lowest BCUT2D eigenvalue weighted by molar-refractivity contribution is 0.369. The van der Waals surface area contributed by atoms with Crippen molar-refractivity contribution in [3.8, 4) is 0 Å². The molecule has 0 N–H and O–H groups in total. The van der Waals surface area contributed by atoms with Crippen molar-refractivity contribution in [1.29, 1.82) is 0 Å². The lowest BCUT2D eigenvalue weighted by Gasteiger charge is -2.42. The van der Waals surface area contributed by atoms with E-state index in [2.05, 4.69) is 98.3 Å². The van der Waals surface area contributed by atoms with Crippen molar-refractivity contribution in [1.82, 2.24) is 18.7 Å². The fourth-order valence-electron chi connectivity index (χ4n) is 4.04. The van der Waals surface area contributed by atoms with Gasteiger partial charge in [0.2, 0.25) is 7.44 Å². The van der Waals surface area contributed by atoms with Gasteiger partial charge >= 0.3 is 0 Å². The Hall–Kier alpha value is -0.280. The van der Waals surface area contributed by atoms with E-state index >= 15 is 0 Å². The van der Waals surface area contributed by atoms with Gasteiger partial charge in [-0.3, -0.25) is 13.9 Å². The first-order valence-corrected chi connectivity index (χ1v) is 14.3. The maximum absolute atomic E-state index is 14.9. The van der Waals surface area contributed by atoms with E-state index in [0.717, 1.165) is 57.7 Å². The van der Waals surface area contributed by atoms with E-state index in [1.54, 1.807) is 0 Å². The largest absolute Gasteiger partial charge is 0.283 e. The zero-order valence-electron chi connectivity index (χ0n) is 20.1. The summed E-state index contributed by atoms with van der Waals surface area (Å²) in [6, 6.07) is 8.55. The molecule has 0 aliphatic heterocycles. The van der Waals surface area contributed by atoms with E-state index in [1.807, 2.05) is 0 Å². The molecule has 1 aromatic rings. The molecular weight excluding hydrogens is 398 g/mol. The van der Waals surface area contributed by atoms with E-state index in [9.17, 15) is 4.57 Å². The molecule has 0 aromatic heterocycles. The van der Waals surface area contributed by atoms with Crippen molar-refractivity contribution in [3.63, 3.8) is 0 Å². The Bertz CT molecular complexity index is 599. The summed E-state index contributed by atoms with van der Waals surface area (Å²) in [5.74, 6) is 0. The monoisotopic (exact) mass is 442 g/mol. The molecule has 0 heterocycles. The summed E-state index contributed by atoms with van der Waals surface area (Å²) in [6.45, 7) is 24.6. The first-order chi connectivity index (χ1) is 13.9. The third kappa shape index (κ3) is 5.70. The van der Waals surface area contributed by atoms with Crippen molar-refractivity contribution < 1.29 is 4.57 Å². The van der Waals surface area contributed by atoms with E-state index in [1.165, 1.54) is 5.30 Å². The van der Waals surface area contributed by atoms with Crippen LogP contribution in [-0.4, -0.2) is 71.0 Å². The summed E-state index contributed by atoms with van der Waals surface area (Å²) in [6.07, 6.45) is 0. The Labute approximate surface area is 181 Å². The molecule has 0 unspecified atom stereocenters. The van der Waals surface area contributed by atoms with E-state index in [4.69, 9.17) is 0 Å². The first kappa shape index (κ1) is 26.8. The van der Waals surface area contributed by atoms with Gasteiger partial charge < -0.3 is 0 Å². The second kappa shape index (κ2) is 13.2. The van der Waals surface area contributed by atoms with E-state index in [-0.39, 0.29) is 0 Å². The molecule has 0 amide bonds. The number of benzene rings is 1. The third-order valence-electron chi connectivity index (χ3n) is 5.63. The minimum Gasteiger partial charge on any atom is -0.283 e. The maximum atomic E-state index is 14.9. The Morgan fingerprint density at radius 3 is 1.38 bits per heavy atom. The van der Waals surface area contributed by atoms with Gasteiger partial charge in [0.15, 0.2) is 0 Å². The minimum absolute atomic E-state index is 0.697. The molecule has 5 nitrogen and oxygen atoms in total. The summed E-state index contributed by atoms with van der Waals surface area (Å²) >= 11 is 0. The zero-order valence-corrected chi connectivity index (χ0v) is 21.8. The van der Waals surface area contributed by atoms with Crippen molar-refractivity contribution >= 4 is 26.3 Å². The quantitative estimate of drug-likeness (QED) is 0.386. The summed E-state index contributed by atoms with van der Waals surface area (Å²) in [5, 5.41) is 2.30. The molecule has 0 atom stereocenters. The van der Waals surface area contributed by atoms with E-state index in [0.29, 0.717) is 0 Å². The van der Waals surface area contributed by atoms with Crippen LogP contribution in [0.5, 0.6) is 0 Å². The normalized spacial score (nSPS) is 12.9. The predicted molar refractivity (Wildman–Crippen MR) is 132 cm³/mol. The highest BCUT2D eigenvalue weighted by molar-refractivity contribution is 7.71. The highest BCUT2D eigenvalue weighted by Crippen LogP contribution is 2.54. The van der Waals surface area contributed by atoms with Crippen LogP contribution in [0.25, 0.3) is 0 Å². The minimum atomic E-state index is -2.88. The van der Waals surface area contributed by atoms with Crippen LogP contribution >= 0.6 is 15.7 Å². The molecule has 0 spiro atoms. The Balaban J connectivity index is 3.81. The van der Waals surface area contributed by atoms with Gasteiger partial charge in [-0.05, 0) is 6.07 Å². The van der Waals surface area contributed by atoms with E-state index < -0.39 is 15.7 Å². The van der Waals surface area contributed by atoms with Gasteiger partial charge in [0.25, 0.3) is 0 Å². The van der Waals surface area contributed by atoms with Gasteiger partial charge in [-0.15, -0.1) is 0 Å². The van der Waals surface area contributed by atoms with Gasteiger partial charge in [-0.25, -0.2) is 9.34 Å². The zero-order chi connectivity index (χ0) is 22.0. The predicted octanol–water partition coefficient (Wildman–Crippen LogP) is 4.81. The standard InChI is InChI=1S/C22H44N4OP2/c1-9-23(10-2)28(24(11-3)12-4)21-19-17-18-20-22(21)29(27,25(13-5)14-6)26(15-7)16-8/h17-20H,9-16H2,1-8H3. The molecular formula is C22H44N4OP2. The Morgan fingerprint density at radius 2 is 1.03 bits per heavy atom. The molecule has 0 fully saturated rings. The Kier molecular flexibility index (Phi) is 12.2. The molecule has 0 aliphatic rings. The molecule has 1 rings (SSSR count). The van der Waals surface area contributed by atoms with Crippen LogP contribution in [0, 0.1) is 0 Å². The number of rotatable bonds is 14. The number of hydrogen-bond acceptors (Lipinski definition) is 3. The van der Waals surface area contributed by atoms with Crippen LogP contribution in [0.15, 0.2) is 24.3 Å². The highest BCUT2D eigenvalue weighted by atomic mass is 31.2. The maximum Gasteiger partial charge on any atom is 0.246 e. The summed E-state index contributed by atoms with van der Waals surface area (Å²) in [5.41, 5.74) is 0. The molecule has 1 aromatic carbocycles. The van der Waals surface area contributed by atoms with Crippen molar-refractivity contribution in [2.45, 2.75) is 55.4 Å². The SMILES string of the molecule is CCN(CC)P(c1ccccc1P(=O)(N(CC)CC)N(CC)CC)N(CC)CC. The summed E-state index contributed by atoms with van der Waals surface area (Å²) < 4.78 is 24.4. The molecule has 168 valence electrons. The van der Waals surface area contributed by atoms with Crippen LogP contribution < -0.4 is 10.6 Å². The number of hydrogen-bond donors (Lipinski definition) is 0. The van der Waals surface area contributed by atoms with Gasteiger partial charge in [-0.1, -0.05) is 73.6 Å². The van der Waals surface area contributed by atoms with Gasteiger partial charge in [0, 0.05) is 57.7 Å². The summed E-state index contributed by atoms with van der Waals surface area (Å²) in [4.78, 5) is 0. The van der Waals surface area contributed by atoms with Gasteiger partial charge in [0.1, 0.15) is 0 Å². The fourth-order valence-corrected chi connectivity index (χ4v) is 10.4. The fraction of sp³-hybridized carbons (Fsp3) is 0.727. The second-order valence-electron chi connectivity index (χ2n) is 6.88. The average Bonchev–Trinajstić information content (AvgIpc) is 2.75. The molecule has 29 heavy (non-hydrogen) atoms.